The van der Waals surface area contributed by atoms with Crippen LogP contribution < -0.4 is 14.4 Å². The average molecular weight is 494 g/mol. The number of nitrogens with zero attached hydrogens (tertiary/aromatic N) is 3. The number of amides is 1. The third kappa shape index (κ3) is 5.04. The second-order valence-electron chi connectivity index (χ2n) is 9.22. The Labute approximate surface area is 212 Å². The van der Waals surface area contributed by atoms with E-state index >= 15 is 0 Å². The zero-order valence-corrected chi connectivity index (χ0v) is 21.5. The molecule has 1 N–H and O–H groups in total. The summed E-state index contributed by atoms with van der Waals surface area (Å²) in [5, 5.41) is 11.4. The van der Waals surface area contributed by atoms with Gasteiger partial charge in [0, 0.05) is 31.9 Å². The summed E-state index contributed by atoms with van der Waals surface area (Å²) in [5.41, 5.74) is 2.29. The van der Waals surface area contributed by atoms with Crippen molar-refractivity contribution in [2.45, 2.75) is 26.3 Å². The molecule has 2 aromatic carbocycles. The molecule has 0 radical (unpaired) electrons. The second-order valence-corrected chi connectivity index (χ2v) is 9.22. The minimum Gasteiger partial charge on any atom is -0.507 e. The van der Waals surface area contributed by atoms with Crippen LogP contribution in [0.15, 0.2) is 48.0 Å². The molecule has 1 amide bonds. The Hall–Kier alpha value is -3.52. The van der Waals surface area contributed by atoms with Crippen molar-refractivity contribution in [1.29, 1.82) is 0 Å². The van der Waals surface area contributed by atoms with E-state index in [1.165, 1.54) is 0 Å². The molecule has 2 aliphatic rings. The van der Waals surface area contributed by atoms with Crippen molar-refractivity contribution in [3.05, 3.63) is 59.2 Å². The maximum atomic E-state index is 13.3. The van der Waals surface area contributed by atoms with Gasteiger partial charge in [0.25, 0.3) is 11.7 Å². The van der Waals surface area contributed by atoms with E-state index in [2.05, 4.69) is 18.7 Å². The standard InChI is InChI=1S/C28H35N3O5/c1-5-30(6-2)14-7-15-31-25(19-8-11-21(12-9-19)29(3)4)24(27(33)28(31)34)26(32)20-10-13-22-23(18-20)36-17-16-35-22/h8-13,18,25,32H,5-7,14-17H2,1-4H3/b26-24+/t25-/m1/s1. The molecule has 0 unspecified atom stereocenters. The van der Waals surface area contributed by atoms with Crippen LogP contribution in [0, 0.1) is 0 Å². The molecule has 2 aromatic rings. The maximum Gasteiger partial charge on any atom is 0.295 e. The summed E-state index contributed by atoms with van der Waals surface area (Å²) in [7, 11) is 3.91. The molecular formula is C28H35N3O5. The van der Waals surface area contributed by atoms with Crippen LogP contribution in [0.3, 0.4) is 0 Å². The largest absolute Gasteiger partial charge is 0.507 e. The van der Waals surface area contributed by atoms with Crippen LogP contribution in [0.4, 0.5) is 5.69 Å². The van der Waals surface area contributed by atoms with E-state index in [0.29, 0.717) is 36.8 Å². The molecule has 0 spiro atoms. The minimum atomic E-state index is -0.675. The van der Waals surface area contributed by atoms with Crippen LogP contribution in [-0.4, -0.2) is 80.1 Å². The number of fused-ring (bicyclic) bond motifs is 1. The number of Topliss-reactive ketones (excluding diaryl/α,β-unsaturated/α-hetero) is 1. The van der Waals surface area contributed by atoms with Gasteiger partial charge in [0.15, 0.2) is 11.5 Å². The van der Waals surface area contributed by atoms with Crippen molar-refractivity contribution in [2.24, 2.45) is 0 Å². The van der Waals surface area contributed by atoms with Crippen molar-refractivity contribution in [3.8, 4) is 11.5 Å². The molecule has 192 valence electrons. The molecule has 0 aromatic heterocycles. The van der Waals surface area contributed by atoms with Crippen LogP contribution in [0.5, 0.6) is 11.5 Å². The fraction of sp³-hybridized carbons (Fsp3) is 0.429. The lowest BCUT2D eigenvalue weighted by Gasteiger charge is -2.27. The summed E-state index contributed by atoms with van der Waals surface area (Å²) < 4.78 is 11.2. The van der Waals surface area contributed by atoms with Gasteiger partial charge in [0.1, 0.15) is 19.0 Å². The predicted molar refractivity (Wildman–Crippen MR) is 140 cm³/mol. The number of benzene rings is 2. The van der Waals surface area contributed by atoms with Gasteiger partial charge in [0.05, 0.1) is 11.6 Å². The SMILES string of the molecule is CCN(CC)CCCN1C(=O)C(=O)/C(=C(/O)c2ccc3c(c2)OCCO3)[C@H]1c1ccc(N(C)C)cc1. The summed E-state index contributed by atoms with van der Waals surface area (Å²) in [5.74, 6) is -0.378. The lowest BCUT2D eigenvalue weighted by Crippen LogP contribution is -2.33. The number of ketones is 1. The fourth-order valence-electron chi connectivity index (χ4n) is 4.76. The first-order valence-electron chi connectivity index (χ1n) is 12.5. The molecule has 2 heterocycles. The van der Waals surface area contributed by atoms with Crippen molar-refractivity contribution in [2.75, 3.05) is 58.4 Å². The number of carbonyl (C=O) groups excluding carboxylic acids is 2. The van der Waals surface area contributed by atoms with Crippen molar-refractivity contribution in [3.63, 3.8) is 0 Å². The first-order valence-corrected chi connectivity index (χ1v) is 12.5. The summed E-state index contributed by atoms with van der Waals surface area (Å²) in [4.78, 5) is 32.4. The zero-order valence-electron chi connectivity index (χ0n) is 21.5. The molecule has 0 bridgehead atoms. The first-order chi connectivity index (χ1) is 17.3. The summed E-state index contributed by atoms with van der Waals surface area (Å²) in [6.45, 7) is 8.17. The normalized spacial score (nSPS) is 18.7. The lowest BCUT2D eigenvalue weighted by atomic mass is 9.95. The first kappa shape index (κ1) is 25.6. The smallest absolute Gasteiger partial charge is 0.295 e. The van der Waals surface area contributed by atoms with Crippen LogP contribution in [0.25, 0.3) is 5.76 Å². The van der Waals surface area contributed by atoms with Crippen LogP contribution in [-0.2, 0) is 9.59 Å². The lowest BCUT2D eigenvalue weighted by molar-refractivity contribution is -0.140. The predicted octanol–water partition coefficient (Wildman–Crippen LogP) is 3.68. The topological polar surface area (TPSA) is 82.6 Å². The molecule has 1 fully saturated rings. The summed E-state index contributed by atoms with van der Waals surface area (Å²) >= 11 is 0. The van der Waals surface area contributed by atoms with Crippen molar-refractivity contribution >= 4 is 23.1 Å². The minimum absolute atomic E-state index is 0.0946. The molecular weight excluding hydrogens is 458 g/mol. The Bertz CT molecular complexity index is 1140. The Kier molecular flexibility index (Phi) is 7.84. The van der Waals surface area contributed by atoms with Gasteiger partial charge in [-0.2, -0.15) is 0 Å². The van der Waals surface area contributed by atoms with E-state index in [1.54, 1.807) is 23.1 Å². The third-order valence-corrected chi connectivity index (χ3v) is 6.85. The van der Waals surface area contributed by atoms with Crippen LogP contribution in [0.2, 0.25) is 0 Å². The number of ether oxygens (including phenoxy) is 2. The average Bonchev–Trinajstić information content (AvgIpc) is 3.15. The number of rotatable bonds is 9. The third-order valence-electron chi connectivity index (χ3n) is 6.85. The Morgan fingerprint density at radius 2 is 1.67 bits per heavy atom. The summed E-state index contributed by atoms with van der Waals surface area (Å²) in [6, 6.07) is 12.1. The maximum absolute atomic E-state index is 13.3. The number of carbonyl (C=O) groups is 2. The highest BCUT2D eigenvalue weighted by Crippen LogP contribution is 2.41. The molecule has 4 rings (SSSR count). The van der Waals surface area contributed by atoms with Crippen molar-refractivity contribution in [1.82, 2.24) is 9.80 Å². The molecule has 1 saturated heterocycles. The molecule has 36 heavy (non-hydrogen) atoms. The number of anilines is 1. The van der Waals surface area contributed by atoms with E-state index in [-0.39, 0.29) is 11.3 Å². The van der Waals surface area contributed by atoms with Gasteiger partial charge < -0.3 is 29.3 Å². The van der Waals surface area contributed by atoms with E-state index in [4.69, 9.17) is 9.47 Å². The zero-order chi connectivity index (χ0) is 25.8. The van der Waals surface area contributed by atoms with Gasteiger partial charge in [-0.15, -0.1) is 0 Å². The summed E-state index contributed by atoms with van der Waals surface area (Å²) in [6.07, 6.45) is 0.727. The highest BCUT2D eigenvalue weighted by Gasteiger charge is 2.45. The van der Waals surface area contributed by atoms with Gasteiger partial charge in [-0.1, -0.05) is 26.0 Å². The van der Waals surface area contributed by atoms with E-state index in [0.717, 1.165) is 37.3 Å². The quantitative estimate of drug-likeness (QED) is 0.324. The Morgan fingerprint density at radius 1 is 1.00 bits per heavy atom. The number of likely N-dealkylation sites (tertiary alicyclic amines) is 1. The van der Waals surface area contributed by atoms with Gasteiger partial charge in [-0.25, -0.2) is 0 Å². The molecule has 8 heteroatoms. The number of aliphatic hydroxyl groups excluding tert-OH is 1. The Morgan fingerprint density at radius 3 is 2.31 bits per heavy atom. The monoisotopic (exact) mass is 493 g/mol. The van der Waals surface area contributed by atoms with E-state index in [1.807, 2.05) is 43.3 Å². The van der Waals surface area contributed by atoms with E-state index < -0.39 is 17.7 Å². The van der Waals surface area contributed by atoms with Crippen LogP contribution >= 0.6 is 0 Å². The van der Waals surface area contributed by atoms with Crippen molar-refractivity contribution < 1.29 is 24.2 Å². The molecule has 8 nitrogen and oxygen atoms in total. The highest BCUT2D eigenvalue weighted by molar-refractivity contribution is 6.46. The number of aliphatic hydroxyl groups is 1. The second kappa shape index (κ2) is 11.0. The molecule has 0 aliphatic carbocycles. The van der Waals surface area contributed by atoms with Gasteiger partial charge >= 0.3 is 0 Å². The molecule has 2 aliphatic heterocycles. The number of hydrogen-bond acceptors (Lipinski definition) is 7. The fourth-order valence-corrected chi connectivity index (χ4v) is 4.76. The van der Waals surface area contributed by atoms with Gasteiger partial charge in [-0.05, 0) is 62.0 Å². The van der Waals surface area contributed by atoms with Crippen LogP contribution in [0.1, 0.15) is 37.4 Å². The van der Waals surface area contributed by atoms with Gasteiger partial charge in [-0.3, -0.25) is 9.59 Å². The number of hydrogen-bond donors (Lipinski definition) is 1. The van der Waals surface area contributed by atoms with E-state index in [9.17, 15) is 14.7 Å². The van der Waals surface area contributed by atoms with Gasteiger partial charge in [0.2, 0.25) is 0 Å². The molecule has 0 saturated carbocycles. The highest BCUT2D eigenvalue weighted by atomic mass is 16.6. The molecule has 1 atom stereocenters. The Balaban J connectivity index is 1.74.